The molecule has 92 valence electrons. The van der Waals surface area contributed by atoms with Crippen LogP contribution in [0, 0.1) is 5.41 Å². The summed E-state index contributed by atoms with van der Waals surface area (Å²) in [6, 6.07) is 7.59. The minimum Gasteiger partial charge on any atom is -0.452 e. The lowest BCUT2D eigenvalue weighted by atomic mass is 10.1. The molecule has 2 rings (SSSR count). The number of ether oxygens (including phenoxy) is 1. The van der Waals surface area contributed by atoms with E-state index in [1.165, 1.54) is 0 Å². The van der Waals surface area contributed by atoms with Crippen molar-refractivity contribution in [3.8, 4) is 0 Å². The monoisotopic (exact) mass is 254 g/mol. The van der Waals surface area contributed by atoms with Crippen molar-refractivity contribution in [1.29, 1.82) is 5.41 Å². The molecule has 1 heterocycles. The molecule has 0 aliphatic heterocycles. The number of halogens is 1. The van der Waals surface area contributed by atoms with E-state index in [2.05, 4.69) is 0 Å². The van der Waals surface area contributed by atoms with Crippen molar-refractivity contribution in [2.75, 3.05) is 6.61 Å². The normalized spacial score (nSPS) is 10.2. The molecule has 1 aromatic heterocycles. The Kier molecular flexibility index (Phi) is 4.54. The highest BCUT2D eigenvalue weighted by Gasteiger charge is 2.09. The molecule has 0 unspecified atom stereocenters. The third-order valence-electron chi connectivity index (χ3n) is 2.35. The van der Waals surface area contributed by atoms with Crippen molar-refractivity contribution in [2.45, 2.75) is 13.5 Å². The topological polar surface area (TPSA) is 72.2 Å². The van der Waals surface area contributed by atoms with Crippen LogP contribution >= 0.6 is 12.4 Å². The Balaban J connectivity index is 0.00000144. The van der Waals surface area contributed by atoms with Crippen LogP contribution in [0.2, 0.25) is 0 Å². The first-order valence-electron chi connectivity index (χ1n) is 5.16. The second kappa shape index (κ2) is 5.70. The number of hydrogen-bond donors (Lipinski definition) is 2. The Bertz CT molecular complexity index is 522. The van der Waals surface area contributed by atoms with Crippen molar-refractivity contribution in [3.63, 3.8) is 0 Å². The van der Waals surface area contributed by atoms with Gasteiger partial charge in [0.25, 0.3) is 0 Å². The number of rotatable bonds is 4. The summed E-state index contributed by atoms with van der Waals surface area (Å²) >= 11 is 0. The van der Waals surface area contributed by atoms with Crippen LogP contribution < -0.4 is 5.73 Å². The molecule has 4 nitrogen and oxygen atoms in total. The Morgan fingerprint density at radius 1 is 1.47 bits per heavy atom. The van der Waals surface area contributed by atoms with Crippen LogP contribution in [0.1, 0.15) is 18.2 Å². The van der Waals surface area contributed by atoms with Gasteiger partial charge in [-0.05, 0) is 13.0 Å². The Labute approximate surface area is 106 Å². The molecule has 0 saturated carbocycles. The Morgan fingerprint density at radius 3 is 2.88 bits per heavy atom. The van der Waals surface area contributed by atoms with Gasteiger partial charge in [-0.1, -0.05) is 18.2 Å². The predicted molar refractivity (Wildman–Crippen MR) is 69.8 cm³/mol. The SMILES string of the molecule is CCOCc1cccc2cc(C(=N)N)oc12.Cl. The van der Waals surface area contributed by atoms with Crippen LogP contribution in [0.25, 0.3) is 11.0 Å². The third-order valence-corrected chi connectivity index (χ3v) is 2.35. The van der Waals surface area contributed by atoms with E-state index in [1.54, 1.807) is 6.07 Å². The molecular weight excluding hydrogens is 240 g/mol. The predicted octanol–water partition coefficient (Wildman–Crippen LogP) is 2.68. The van der Waals surface area contributed by atoms with Crippen LogP contribution in [0.3, 0.4) is 0 Å². The number of benzene rings is 1. The lowest BCUT2D eigenvalue weighted by Crippen LogP contribution is -2.09. The molecule has 2 aromatic rings. The number of fused-ring (bicyclic) bond motifs is 1. The summed E-state index contributed by atoms with van der Waals surface area (Å²) in [5.74, 6) is 0.345. The molecular formula is C12H15ClN2O2. The molecule has 17 heavy (non-hydrogen) atoms. The minimum atomic E-state index is -0.0569. The van der Waals surface area contributed by atoms with Crippen LogP contribution in [-0.2, 0) is 11.3 Å². The second-order valence-electron chi connectivity index (χ2n) is 3.50. The first kappa shape index (κ1) is 13.5. The number of nitrogens with two attached hydrogens (primary N) is 1. The maximum atomic E-state index is 7.33. The van der Waals surface area contributed by atoms with Crippen LogP contribution in [0.4, 0.5) is 0 Å². The van der Waals surface area contributed by atoms with Crippen molar-refractivity contribution >= 4 is 29.2 Å². The molecule has 0 fully saturated rings. The van der Waals surface area contributed by atoms with Crippen LogP contribution in [-0.4, -0.2) is 12.4 Å². The van der Waals surface area contributed by atoms with Gasteiger partial charge in [0.15, 0.2) is 11.6 Å². The van der Waals surface area contributed by atoms with Gasteiger partial charge in [0.05, 0.1) is 6.61 Å². The summed E-state index contributed by atoms with van der Waals surface area (Å²) in [7, 11) is 0. The number of para-hydroxylation sites is 1. The van der Waals surface area contributed by atoms with Gasteiger partial charge in [-0.3, -0.25) is 5.41 Å². The first-order valence-corrected chi connectivity index (χ1v) is 5.16. The Hall–Kier alpha value is -1.52. The molecule has 0 aliphatic rings. The van der Waals surface area contributed by atoms with E-state index < -0.39 is 0 Å². The van der Waals surface area contributed by atoms with Gasteiger partial charge in [0.1, 0.15) is 5.58 Å². The summed E-state index contributed by atoms with van der Waals surface area (Å²) in [5.41, 5.74) is 7.12. The van der Waals surface area contributed by atoms with E-state index in [0.29, 0.717) is 19.0 Å². The maximum Gasteiger partial charge on any atom is 0.169 e. The van der Waals surface area contributed by atoms with Crippen LogP contribution in [0.15, 0.2) is 28.7 Å². The summed E-state index contributed by atoms with van der Waals surface area (Å²) in [5, 5.41) is 8.28. The maximum absolute atomic E-state index is 7.33. The molecule has 0 saturated heterocycles. The molecule has 0 aliphatic carbocycles. The zero-order valence-corrected chi connectivity index (χ0v) is 10.3. The standard InChI is InChI=1S/C12H14N2O2.ClH/c1-2-15-7-9-5-3-4-8-6-10(12(13)14)16-11(8)9;/h3-6H,2,7H2,1H3,(H3,13,14);1H. The number of nitrogen functional groups attached to an aromatic ring is 1. The fraction of sp³-hybridized carbons (Fsp3) is 0.250. The average molecular weight is 255 g/mol. The lowest BCUT2D eigenvalue weighted by molar-refractivity contribution is 0.134. The highest BCUT2D eigenvalue weighted by Crippen LogP contribution is 2.23. The van der Waals surface area contributed by atoms with Gasteiger partial charge < -0.3 is 14.9 Å². The van der Waals surface area contributed by atoms with E-state index in [0.717, 1.165) is 16.5 Å². The second-order valence-corrected chi connectivity index (χ2v) is 3.50. The van der Waals surface area contributed by atoms with Gasteiger partial charge in [-0.15, -0.1) is 12.4 Å². The van der Waals surface area contributed by atoms with E-state index in [9.17, 15) is 0 Å². The molecule has 0 atom stereocenters. The summed E-state index contributed by atoms with van der Waals surface area (Å²) in [6.45, 7) is 3.12. The number of furan rings is 1. The summed E-state index contributed by atoms with van der Waals surface area (Å²) in [6.07, 6.45) is 0. The zero-order valence-electron chi connectivity index (χ0n) is 9.53. The molecule has 0 radical (unpaired) electrons. The smallest absolute Gasteiger partial charge is 0.169 e. The zero-order chi connectivity index (χ0) is 11.5. The highest BCUT2D eigenvalue weighted by atomic mass is 35.5. The highest BCUT2D eigenvalue weighted by molar-refractivity contribution is 5.97. The van der Waals surface area contributed by atoms with E-state index >= 15 is 0 Å². The molecule has 1 aromatic carbocycles. The van der Waals surface area contributed by atoms with Crippen LogP contribution in [0.5, 0.6) is 0 Å². The van der Waals surface area contributed by atoms with E-state index in [1.807, 2.05) is 25.1 Å². The van der Waals surface area contributed by atoms with Crippen molar-refractivity contribution in [2.24, 2.45) is 5.73 Å². The molecule has 0 amide bonds. The quantitative estimate of drug-likeness (QED) is 0.651. The van der Waals surface area contributed by atoms with Crippen molar-refractivity contribution < 1.29 is 9.15 Å². The fourth-order valence-corrected chi connectivity index (χ4v) is 1.58. The number of nitrogens with one attached hydrogen (secondary N) is 1. The largest absolute Gasteiger partial charge is 0.452 e. The summed E-state index contributed by atoms with van der Waals surface area (Å²) in [4.78, 5) is 0. The van der Waals surface area contributed by atoms with E-state index in [4.69, 9.17) is 20.3 Å². The molecule has 0 bridgehead atoms. The van der Waals surface area contributed by atoms with Crippen molar-refractivity contribution in [1.82, 2.24) is 0 Å². The molecule has 0 spiro atoms. The lowest BCUT2D eigenvalue weighted by Gasteiger charge is -2.01. The number of hydrogen-bond acceptors (Lipinski definition) is 3. The third kappa shape index (κ3) is 2.78. The molecule has 3 N–H and O–H groups in total. The van der Waals surface area contributed by atoms with E-state index in [-0.39, 0.29) is 18.2 Å². The molecule has 5 heteroatoms. The Morgan fingerprint density at radius 2 is 2.24 bits per heavy atom. The first-order chi connectivity index (χ1) is 7.72. The van der Waals surface area contributed by atoms with Gasteiger partial charge in [-0.25, -0.2) is 0 Å². The summed E-state index contributed by atoms with van der Waals surface area (Å²) < 4.78 is 10.9. The average Bonchev–Trinajstić information content (AvgIpc) is 2.70. The van der Waals surface area contributed by atoms with Gasteiger partial charge in [0.2, 0.25) is 0 Å². The van der Waals surface area contributed by atoms with Gasteiger partial charge in [0, 0.05) is 17.6 Å². The fourth-order valence-electron chi connectivity index (χ4n) is 1.58. The number of amidine groups is 1. The van der Waals surface area contributed by atoms with Crippen molar-refractivity contribution in [3.05, 3.63) is 35.6 Å². The van der Waals surface area contributed by atoms with Gasteiger partial charge in [-0.2, -0.15) is 0 Å². The minimum absolute atomic E-state index is 0. The van der Waals surface area contributed by atoms with Gasteiger partial charge >= 0.3 is 0 Å².